The molecule has 3 aromatic rings. The number of amides is 1. The number of ether oxygens (including phenoxy) is 1. The molecule has 0 saturated carbocycles. The number of anilines is 1. The number of carbonyl (C=O) groups is 1. The van der Waals surface area contributed by atoms with Gasteiger partial charge in [-0.15, -0.1) is 5.10 Å². The summed E-state index contributed by atoms with van der Waals surface area (Å²) in [6.45, 7) is 4.17. The molecule has 8 nitrogen and oxygen atoms in total. The lowest BCUT2D eigenvalue weighted by Crippen LogP contribution is -2.30. The fourth-order valence-electron chi connectivity index (χ4n) is 3.49. The van der Waals surface area contributed by atoms with E-state index in [0.29, 0.717) is 23.7 Å². The standard InChI is InChI=1S/C20H22N4O4/c1-3-24-21-11-18(23-24)22-19(25)12(2)27-13-8-9-15-14-6-4-5-7-16(14)20(26)28-17(15)10-13/h8-12H,3-7H2,1-2H3,(H,22,23,25). The van der Waals surface area contributed by atoms with Gasteiger partial charge in [0.25, 0.3) is 5.91 Å². The minimum atomic E-state index is -0.756. The summed E-state index contributed by atoms with van der Waals surface area (Å²) in [6.07, 6.45) is 4.48. The topological polar surface area (TPSA) is 99.2 Å². The van der Waals surface area contributed by atoms with Gasteiger partial charge in [0.1, 0.15) is 11.3 Å². The first-order valence-electron chi connectivity index (χ1n) is 9.51. The SMILES string of the molecule is CCn1ncc(NC(=O)C(C)Oc2ccc3c4c(c(=O)oc3c2)CCCC4)n1. The second-order valence-electron chi connectivity index (χ2n) is 6.88. The zero-order valence-corrected chi connectivity index (χ0v) is 15.9. The van der Waals surface area contributed by atoms with Crippen molar-refractivity contribution in [1.29, 1.82) is 0 Å². The maximum Gasteiger partial charge on any atom is 0.339 e. The Morgan fingerprint density at radius 1 is 1.32 bits per heavy atom. The number of benzene rings is 1. The summed E-state index contributed by atoms with van der Waals surface area (Å²) < 4.78 is 11.2. The molecule has 1 aliphatic rings. The molecule has 0 bridgehead atoms. The number of nitrogens with zero attached hydrogens (tertiary/aromatic N) is 3. The summed E-state index contributed by atoms with van der Waals surface area (Å²) in [4.78, 5) is 26.1. The van der Waals surface area contributed by atoms with Crippen molar-refractivity contribution in [3.05, 3.63) is 45.9 Å². The van der Waals surface area contributed by atoms with E-state index in [1.54, 1.807) is 19.1 Å². The van der Waals surface area contributed by atoms with Gasteiger partial charge in [0.15, 0.2) is 11.9 Å². The van der Waals surface area contributed by atoms with Crippen molar-refractivity contribution in [1.82, 2.24) is 15.0 Å². The predicted octanol–water partition coefficient (Wildman–Crippen LogP) is 2.69. The molecule has 4 rings (SSSR count). The van der Waals surface area contributed by atoms with Gasteiger partial charge in [0.2, 0.25) is 0 Å². The number of hydrogen-bond donors (Lipinski definition) is 1. The van der Waals surface area contributed by atoms with Gasteiger partial charge < -0.3 is 14.5 Å². The Balaban J connectivity index is 1.52. The monoisotopic (exact) mass is 382 g/mol. The number of aromatic nitrogens is 3. The minimum absolute atomic E-state index is 0.274. The Morgan fingerprint density at radius 2 is 2.11 bits per heavy atom. The van der Waals surface area contributed by atoms with Crippen LogP contribution in [0.15, 0.2) is 33.6 Å². The Hall–Kier alpha value is -3.16. The molecule has 2 heterocycles. The zero-order valence-electron chi connectivity index (χ0n) is 15.9. The molecule has 0 radical (unpaired) electrons. The van der Waals surface area contributed by atoms with E-state index in [1.807, 2.05) is 13.0 Å². The number of fused-ring (bicyclic) bond motifs is 3. The van der Waals surface area contributed by atoms with Gasteiger partial charge >= 0.3 is 5.63 Å². The average Bonchev–Trinajstić information content (AvgIpc) is 3.15. The molecule has 0 saturated heterocycles. The molecule has 2 aromatic heterocycles. The van der Waals surface area contributed by atoms with Gasteiger partial charge in [-0.1, -0.05) is 0 Å². The first-order valence-corrected chi connectivity index (χ1v) is 9.51. The summed E-state index contributed by atoms with van der Waals surface area (Å²) in [7, 11) is 0. The Morgan fingerprint density at radius 3 is 2.86 bits per heavy atom. The average molecular weight is 382 g/mol. The molecule has 1 unspecified atom stereocenters. The number of nitrogens with one attached hydrogen (secondary N) is 1. The fraction of sp³-hybridized carbons (Fsp3) is 0.400. The van der Waals surface area contributed by atoms with Gasteiger partial charge in [-0.2, -0.15) is 9.90 Å². The Labute approximate surface area is 161 Å². The van der Waals surface area contributed by atoms with Crippen LogP contribution in [0.5, 0.6) is 5.75 Å². The smallest absolute Gasteiger partial charge is 0.339 e. The second kappa shape index (κ2) is 7.46. The fourth-order valence-corrected chi connectivity index (χ4v) is 3.49. The van der Waals surface area contributed by atoms with Gasteiger partial charge in [-0.3, -0.25) is 4.79 Å². The van der Waals surface area contributed by atoms with Gasteiger partial charge in [-0.25, -0.2) is 4.79 Å². The van der Waals surface area contributed by atoms with Crippen molar-refractivity contribution in [2.45, 2.75) is 52.2 Å². The summed E-state index contributed by atoms with van der Waals surface area (Å²) >= 11 is 0. The minimum Gasteiger partial charge on any atom is -0.481 e. The molecule has 0 aliphatic heterocycles. The molecule has 0 spiro atoms. The number of aryl methyl sites for hydroxylation is 2. The van der Waals surface area contributed by atoms with Crippen LogP contribution in [0.25, 0.3) is 11.0 Å². The van der Waals surface area contributed by atoms with Gasteiger partial charge in [-0.05, 0) is 57.2 Å². The number of carbonyl (C=O) groups excluding carboxylic acids is 1. The molecule has 1 N–H and O–H groups in total. The predicted molar refractivity (Wildman–Crippen MR) is 104 cm³/mol. The van der Waals surface area contributed by atoms with Crippen molar-refractivity contribution in [2.75, 3.05) is 5.32 Å². The van der Waals surface area contributed by atoms with Crippen molar-refractivity contribution in [3.63, 3.8) is 0 Å². The first-order chi connectivity index (χ1) is 13.5. The maximum atomic E-state index is 12.3. The van der Waals surface area contributed by atoms with Crippen LogP contribution in [-0.2, 0) is 24.2 Å². The Kier molecular flexibility index (Phi) is 4.85. The quantitative estimate of drug-likeness (QED) is 0.681. The van der Waals surface area contributed by atoms with Crippen LogP contribution in [-0.4, -0.2) is 27.0 Å². The summed E-state index contributed by atoms with van der Waals surface area (Å²) in [6, 6.07) is 5.37. The van der Waals surface area contributed by atoms with E-state index in [1.165, 1.54) is 11.0 Å². The van der Waals surface area contributed by atoms with E-state index in [9.17, 15) is 9.59 Å². The third-order valence-electron chi connectivity index (χ3n) is 4.95. The van der Waals surface area contributed by atoms with E-state index < -0.39 is 6.10 Å². The van der Waals surface area contributed by atoms with Gasteiger partial charge in [0.05, 0.1) is 12.7 Å². The van der Waals surface area contributed by atoms with Crippen LogP contribution >= 0.6 is 0 Å². The molecule has 1 aromatic carbocycles. The van der Waals surface area contributed by atoms with Crippen LogP contribution in [0.1, 0.15) is 37.8 Å². The maximum absolute atomic E-state index is 12.3. The number of hydrogen-bond acceptors (Lipinski definition) is 6. The van der Waals surface area contributed by atoms with Crippen LogP contribution in [0.3, 0.4) is 0 Å². The normalized spacial score (nSPS) is 14.5. The summed E-state index contributed by atoms with van der Waals surface area (Å²) in [5.74, 6) is 0.500. The molecule has 1 amide bonds. The molecule has 28 heavy (non-hydrogen) atoms. The van der Waals surface area contributed by atoms with Crippen molar-refractivity contribution in [3.8, 4) is 5.75 Å². The third-order valence-corrected chi connectivity index (χ3v) is 4.95. The highest BCUT2D eigenvalue weighted by molar-refractivity contribution is 5.93. The molecular weight excluding hydrogens is 360 g/mol. The summed E-state index contributed by atoms with van der Waals surface area (Å²) in [5.41, 5.74) is 2.08. The zero-order chi connectivity index (χ0) is 19.7. The largest absolute Gasteiger partial charge is 0.481 e. The highest BCUT2D eigenvalue weighted by Gasteiger charge is 2.20. The van der Waals surface area contributed by atoms with E-state index in [4.69, 9.17) is 9.15 Å². The molecular formula is C20H22N4O4. The number of rotatable bonds is 5. The van der Waals surface area contributed by atoms with E-state index in [0.717, 1.165) is 42.2 Å². The first kappa shape index (κ1) is 18.2. The Bertz CT molecular complexity index is 1090. The lowest BCUT2D eigenvalue weighted by Gasteiger charge is -2.17. The lowest BCUT2D eigenvalue weighted by atomic mass is 9.91. The lowest BCUT2D eigenvalue weighted by molar-refractivity contribution is -0.122. The second-order valence-corrected chi connectivity index (χ2v) is 6.88. The van der Waals surface area contributed by atoms with E-state index >= 15 is 0 Å². The van der Waals surface area contributed by atoms with Crippen molar-refractivity contribution < 1.29 is 13.9 Å². The van der Waals surface area contributed by atoms with Crippen molar-refractivity contribution in [2.24, 2.45) is 0 Å². The third kappa shape index (κ3) is 3.49. The van der Waals surface area contributed by atoms with Crippen LogP contribution in [0.2, 0.25) is 0 Å². The molecule has 1 atom stereocenters. The van der Waals surface area contributed by atoms with Crippen LogP contribution in [0.4, 0.5) is 5.82 Å². The molecule has 8 heteroatoms. The van der Waals surface area contributed by atoms with Crippen molar-refractivity contribution >= 4 is 22.7 Å². The van der Waals surface area contributed by atoms with Crippen LogP contribution < -0.4 is 15.7 Å². The van der Waals surface area contributed by atoms with Gasteiger partial charge in [0, 0.05) is 17.0 Å². The highest BCUT2D eigenvalue weighted by atomic mass is 16.5. The molecule has 0 fully saturated rings. The van der Waals surface area contributed by atoms with E-state index in [-0.39, 0.29) is 11.5 Å². The highest BCUT2D eigenvalue weighted by Crippen LogP contribution is 2.29. The van der Waals surface area contributed by atoms with E-state index in [2.05, 4.69) is 15.5 Å². The van der Waals surface area contributed by atoms with Crippen LogP contribution in [0, 0.1) is 0 Å². The molecule has 146 valence electrons. The summed E-state index contributed by atoms with van der Waals surface area (Å²) in [5, 5.41) is 11.7. The molecule has 1 aliphatic carbocycles.